The van der Waals surface area contributed by atoms with Crippen LogP contribution in [-0.2, 0) is 13.1 Å². The van der Waals surface area contributed by atoms with Crippen molar-refractivity contribution in [1.29, 1.82) is 0 Å². The first-order chi connectivity index (χ1) is 14.3. The molecule has 8 heteroatoms. The van der Waals surface area contributed by atoms with E-state index in [-0.39, 0.29) is 24.0 Å². The second-order valence-electron chi connectivity index (χ2n) is 7.51. The Labute approximate surface area is 197 Å². The first-order valence-electron chi connectivity index (χ1n) is 10.7. The summed E-state index contributed by atoms with van der Waals surface area (Å²) in [5, 5.41) is 11.0. The van der Waals surface area contributed by atoms with Crippen molar-refractivity contribution in [1.82, 2.24) is 30.2 Å². The molecule has 0 saturated carbocycles. The number of benzene rings is 1. The van der Waals surface area contributed by atoms with Crippen LogP contribution in [0.25, 0.3) is 0 Å². The van der Waals surface area contributed by atoms with Gasteiger partial charge < -0.3 is 15.5 Å². The second kappa shape index (κ2) is 14.4. The zero-order valence-electron chi connectivity index (χ0n) is 18.0. The summed E-state index contributed by atoms with van der Waals surface area (Å²) < 4.78 is 1.96. The molecule has 0 aliphatic carbocycles. The minimum absolute atomic E-state index is 0. The largest absolute Gasteiger partial charge is 0.356 e. The number of aliphatic imine (C=N–C) groups is 1. The Bertz CT molecular complexity index is 698. The summed E-state index contributed by atoms with van der Waals surface area (Å²) in [5.74, 6) is 0.887. The van der Waals surface area contributed by atoms with E-state index in [2.05, 4.69) is 60.9 Å². The van der Waals surface area contributed by atoms with Gasteiger partial charge in [-0.1, -0.05) is 30.3 Å². The highest BCUT2D eigenvalue weighted by Gasteiger charge is 2.16. The molecular weight excluding hydrogens is 489 g/mol. The van der Waals surface area contributed by atoms with Crippen molar-refractivity contribution in [3.8, 4) is 0 Å². The van der Waals surface area contributed by atoms with E-state index in [0.29, 0.717) is 0 Å². The van der Waals surface area contributed by atoms with Crippen LogP contribution in [0.15, 0.2) is 53.8 Å². The van der Waals surface area contributed by atoms with Gasteiger partial charge in [-0.2, -0.15) is 5.10 Å². The van der Waals surface area contributed by atoms with Gasteiger partial charge in [-0.3, -0.25) is 14.6 Å². The SMILES string of the molecule is CN=C(NCCCN1CCN(Cc2ccccc2)CC1)NCCCn1cccn1.I. The summed E-state index contributed by atoms with van der Waals surface area (Å²) in [6.07, 6.45) is 5.97. The minimum Gasteiger partial charge on any atom is -0.356 e. The highest BCUT2D eigenvalue weighted by atomic mass is 127. The van der Waals surface area contributed by atoms with Crippen LogP contribution < -0.4 is 10.6 Å². The predicted molar refractivity (Wildman–Crippen MR) is 134 cm³/mol. The molecule has 0 amide bonds. The van der Waals surface area contributed by atoms with E-state index in [1.807, 2.05) is 30.2 Å². The number of aryl methyl sites for hydroxylation is 1. The van der Waals surface area contributed by atoms with Crippen LogP contribution in [0.4, 0.5) is 0 Å². The summed E-state index contributed by atoms with van der Waals surface area (Å²) in [7, 11) is 1.83. The maximum atomic E-state index is 4.31. The highest BCUT2D eigenvalue weighted by Crippen LogP contribution is 2.08. The number of guanidine groups is 1. The standard InChI is InChI=1S/C22H35N7.HI/c1-23-22(25-11-6-14-29-15-7-12-26-29)24-10-5-13-27-16-18-28(19-17-27)20-21-8-3-2-4-9-21;/h2-4,7-9,12,15H,5-6,10-11,13-14,16-20H2,1H3,(H2,23,24,25);1H. The number of piperazine rings is 1. The smallest absolute Gasteiger partial charge is 0.190 e. The minimum atomic E-state index is 0. The third-order valence-corrected chi connectivity index (χ3v) is 5.30. The summed E-state index contributed by atoms with van der Waals surface area (Å²) >= 11 is 0. The topological polar surface area (TPSA) is 60.7 Å². The fourth-order valence-electron chi connectivity index (χ4n) is 3.62. The Hall–Kier alpha value is -1.65. The number of halogens is 1. The predicted octanol–water partition coefficient (Wildman–Crippen LogP) is 2.26. The molecule has 0 unspecified atom stereocenters. The van der Waals surface area contributed by atoms with Gasteiger partial charge in [0.1, 0.15) is 0 Å². The number of hydrogen-bond donors (Lipinski definition) is 2. The summed E-state index contributed by atoms with van der Waals surface area (Å²) in [4.78, 5) is 9.44. The van der Waals surface area contributed by atoms with Crippen molar-refractivity contribution in [3.05, 3.63) is 54.4 Å². The Morgan fingerprint density at radius 1 is 0.933 bits per heavy atom. The van der Waals surface area contributed by atoms with E-state index in [9.17, 15) is 0 Å². The van der Waals surface area contributed by atoms with Crippen LogP contribution in [0.1, 0.15) is 18.4 Å². The molecule has 1 aliphatic rings. The molecule has 0 radical (unpaired) electrons. The molecule has 3 rings (SSSR count). The Kier molecular flexibility index (Phi) is 11.8. The quantitative estimate of drug-likeness (QED) is 0.216. The molecule has 0 spiro atoms. The maximum Gasteiger partial charge on any atom is 0.190 e. The normalized spacial score (nSPS) is 15.6. The Morgan fingerprint density at radius 2 is 1.60 bits per heavy atom. The summed E-state index contributed by atoms with van der Waals surface area (Å²) in [5.41, 5.74) is 1.41. The van der Waals surface area contributed by atoms with E-state index in [1.54, 1.807) is 0 Å². The van der Waals surface area contributed by atoms with Gasteiger partial charge in [-0.15, -0.1) is 24.0 Å². The van der Waals surface area contributed by atoms with Gasteiger partial charge in [-0.05, 0) is 31.0 Å². The lowest BCUT2D eigenvalue weighted by Gasteiger charge is -2.34. The van der Waals surface area contributed by atoms with Gasteiger partial charge in [0, 0.05) is 71.8 Å². The van der Waals surface area contributed by atoms with E-state index >= 15 is 0 Å². The molecule has 166 valence electrons. The molecule has 0 bridgehead atoms. The van der Waals surface area contributed by atoms with Crippen LogP contribution in [-0.4, -0.2) is 78.4 Å². The molecule has 7 nitrogen and oxygen atoms in total. The van der Waals surface area contributed by atoms with Crippen molar-refractivity contribution in [3.63, 3.8) is 0 Å². The van der Waals surface area contributed by atoms with Gasteiger partial charge >= 0.3 is 0 Å². The molecule has 1 fully saturated rings. The Morgan fingerprint density at radius 3 is 2.23 bits per heavy atom. The third-order valence-electron chi connectivity index (χ3n) is 5.30. The van der Waals surface area contributed by atoms with Crippen molar-refractivity contribution < 1.29 is 0 Å². The molecule has 2 N–H and O–H groups in total. The molecule has 2 heterocycles. The summed E-state index contributed by atoms with van der Waals surface area (Å²) in [6.45, 7) is 9.60. The zero-order chi connectivity index (χ0) is 20.2. The zero-order valence-corrected chi connectivity index (χ0v) is 20.4. The average Bonchev–Trinajstić information content (AvgIpc) is 3.28. The highest BCUT2D eigenvalue weighted by molar-refractivity contribution is 14.0. The van der Waals surface area contributed by atoms with E-state index in [4.69, 9.17) is 0 Å². The lowest BCUT2D eigenvalue weighted by molar-refractivity contribution is 0.126. The first-order valence-corrected chi connectivity index (χ1v) is 10.7. The molecule has 1 aromatic heterocycles. The fraction of sp³-hybridized carbons (Fsp3) is 0.545. The van der Waals surface area contributed by atoms with Gasteiger partial charge in [-0.25, -0.2) is 0 Å². The van der Waals surface area contributed by atoms with Gasteiger partial charge in [0.25, 0.3) is 0 Å². The van der Waals surface area contributed by atoms with Crippen LogP contribution >= 0.6 is 24.0 Å². The number of rotatable bonds is 10. The molecule has 1 aliphatic heterocycles. The van der Waals surface area contributed by atoms with Gasteiger partial charge in [0.2, 0.25) is 0 Å². The van der Waals surface area contributed by atoms with Crippen LogP contribution in [0.3, 0.4) is 0 Å². The van der Waals surface area contributed by atoms with Crippen LogP contribution in [0.2, 0.25) is 0 Å². The number of hydrogen-bond acceptors (Lipinski definition) is 4. The van der Waals surface area contributed by atoms with E-state index < -0.39 is 0 Å². The second-order valence-corrected chi connectivity index (χ2v) is 7.51. The molecule has 1 aromatic carbocycles. The van der Waals surface area contributed by atoms with Crippen LogP contribution in [0, 0.1) is 0 Å². The average molecular weight is 525 g/mol. The van der Waals surface area contributed by atoms with E-state index in [1.165, 1.54) is 5.56 Å². The lowest BCUT2D eigenvalue weighted by Crippen LogP contribution is -2.46. The molecule has 0 atom stereocenters. The molecule has 2 aromatic rings. The first kappa shape index (κ1) is 24.6. The van der Waals surface area contributed by atoms with Crippen molar-refractivity contribution in [2.24, 2.45) is 4.99 Å². The van der Waals surface area contributed by atoms with Crippen LogP contribution in [0.5, 0.6) is 0 Å². The lowest BCUT2D eigenvalue weighted by atomic mass is 10.2. The number of nitrogens with zero attached hydrogens (tertiary/aromatic N) is 5. The Balaban J connectivity index is 0.00000320. The summed E-state index contributed by atoms with van der Waals surface area (Å²) in [6, 6.07) is 12.7. The van der Waals surface area contributed by atoms with Crippen molar-refractivity contribution >= 4 is 29.9 Å². The maximum absolute atomic E-state index is 4.31. The van der Waals surface area contributed by atoms with Gasteiger partial charge in [0.05, 0.1) is 0 Å². The molecular formula is C22H36IN7. The van der Waals surface area contributed by atoms with Gasteiger partial charge in [0.15, 0.2) is 5.96 Å². The monoisotopic (exact) mass is 525 g/mol. The van der Waals surface area contributed by atoms with Crippen molar-refractivity contribution in [2.45, 2.75) is 25.9 Å². The molecule has 30 heavy (non-hydrogen) atoms. The van der Waals surface area contributed by atoms with E-state index in [0.717, 1.165) is 77.7 Å². The number of nitrogens with one attached hydrogen (secondary N) is 2. The molecule has 1 saturated heterocycles. The van der Waals surface area contributed by atoms with Crippen molar-refractivity contribution in [2.75, 3.05) is 52.9 Å². The number of aromatic nitrogens is 2. The fourth-order valence-corrected chi connectivity index (χ4v) is 3.62. The third kappa shape index (κ3) is 9.01.